The van der Waals surface area contributed by atoms with E-state index in [9.17, 15) is 13.2 Å². The van der Waals surface area contributed by atoms with Gasteiger partial charge < -0.3 is 15.8 Å². The molecule has 0 bridgehead atoms. The fourth-order valence-electron chi connectivity index (χ4n) is 2.52. The van der Waals surface area contributed by atoms with Gasteiger partial charge in [-0.25, -0.2) is 18.4 Å². The number of benzene rings is 2. The number of anilines is 2. The molecule has 0 atom stereocenters. The quantitative estimate of drug-likeness (QED) is 0.421. The van der Waals surface area contributed by atoms with E-state index >= 15 is 0 Å². The third-order valence-corrected chi connectivity index (χ3v) is 6.72. The van der Waals surface area contributed by atoms with E-state index in [1.165, 1.54) is 18.3 Å². The highest BCUT2D eigenvalue weighted by molar-refractivity contribution is 7.99. The predicted molar refractivity (Wildman–Crippen MR) is 115 cm³/mol. The number of nitrogen functional groups attached to an aromatic ring is 1. The van der Waals surface area contributed by atoms with Crippen molar-refractivity contribution in [2.45, 2.75) is 21.9 Å². The van der Waals surface area contributed by atoms with Crippen LogP contribution in [0.5, 0.6) is 5.75 Å². The number of aryl methyl sites for hydroxylation is 1. The third-order valence-electron chi connectivity index (χ3n) is 4.07. The Bertz CT molecular complexity index is 1170. The zero-order valence-electron chi connectivity index (χ0n) is 16.3. The monoisotopic (exact) mass is 444 g/mol. The summed E-state index contributed by atoms with van der Waals surface area (Å²) in [5.41, 5.74) is 7.42. The maximum Gasteiger partial charge on any atom is 0.234 e. The number of nitrogens with zero attached hydrogens (tertiary/aromatic N) is 2. The van der Waals surface area contributed by atoms with E-state index in [0.717, 1.165) is 17.3 Å². The van der Waals surface area contributed by atoms with Crippen molar-refractivity contribution >= 4 is 39.0 Å². The second-order valence-corrected chi connectivity index (χ2v) is 9.15. The third kappa shape index (κ3) is 5.08. The molecule has 3 rings (SSSR count). The van der Waals surface area contributed by atoms with Crippen LogP contribution in [0.3, 0.4) is 0 Å². The summed E-state index contributed by atoms with van der Waals surface area (Å²) in [6, 6.07) is 13.4. The van der Waals surface area contributed by atoms with Crippen LogP contribution in [0.25, 0.3) is 0 Å². The summed E-state index contributed by atoms with van der Waals surface area (Å²) < 4.78 is 30.6. The van der Waals surface area contributed by atoms with E-state index < -0.39 is 9.84 Å². The molecule has 0 fully saturated rings. The highest BCUT2D eigenvalue weighted by Crippen LogP contribution is 2.26. The van der Waals surface area contributed by atoms with Gasteiger partial charge in [0.25, 0.3) is 0 Å². The molecule has 1 heterocycles. The lowest BCUT2D eigenvalue weighted by Gasteiger charge is -2.09. The molecule has 0 radical (unpaired) electrons. The normalized spacial score (nSPS) is 11.1. The van der Waals surface area contributed by atoms with Crippen molar-refractivity contribution in [3.05, 3.63) is 60.3 Å². The lowest BCUT2D eigenvalue weighted by molar-refractivity contribution is -0.113. The molecule has 1 amide bonds. The topological polar surface area (TPSA) is 124 Å². The number of amides is 1. The number of thioether (sulfide) groups is 1. The summed E-state index contributed by atoms with van der Waals surface area (Å²) in [4.78, 5) is 20.2. The number of carbonyl (C=O) groups excluding carboxylic acids is 1. The van der Waals surface area contributed by atoms with Gasteiger partial charge in [0.15, 0.2) is 5.16 Å². The number of aromatic nitrogens is 2. The summed E-state index contributed by atoms with van der Waals surface area (Å²) in [6.45, 7) is 1.87. The van der Waals surface area contributed by atoms with Crippen molar-refractivity contribution < 1.29 is 17.9 Å². The molecule has 3 aromatic rings. The van der Waals surface area contributed by atoms with Crippen LogP contribution >= 0.6 is 11.8 Å². The number of rotatable bonds is 7. The maximum absolute atomic E-state index is 12.8. The standard InChI is InChI=1S/C20H20N4O4S2/c1-13-6-8-16(9-7-13)30(26,27)17-11-22-20(24-19(17)21)29-12-18(25)23-14-4-3-5-15(10-14)28-2/h3-11H,12H2,1-2H3,(H,23,25)(H2,21,22,24). The Kier molecular flexibility index (Phi) is 6.58. The van der Waals surface area contributed by atoms with Gasteiger partial charge in [0.1, 0.15) is 16.5 Å². The first kappa shape index (κ1) is 21.6. The molecule has 2 aromatic carbocycles. The maximum atomic E-state index is 12.8. The smallest absolute Gasteiger partial charge is 0.234 e. The van der Waals surface area contributed by atoms with Crippen molar-refractivity contribution in [2.75, 3.05) is 23.9 Å². The van der Waals surface area contributed by atoms with Crippen LogP contribution in [0.2, 0.25) is 0 Å². The average molecular weight is 445 g/mol. The van der Waals surface area contributed by atoms with Gasteiger partial charge in [-0.05, 0) is 31.2 Å². The van der Waals surface area contributed by atoms with Crippen LogP contribution < -0.4 is 15.8 Å². The minimum atomic E-state index is -3.83. The molecular weight excluding hydrogens is 424 g/mol. The SMILES string of the molecule is COc1cccc(NC(=O)CSc2ncc(S(=O)(=O)c3ccc(C)cc3)c(N)n2)c1. The fourth-order valence-corrected chi connectivity index (χ4v) is 4.40. The minimum absolute atomic E-state index is 0.0285. The van der Waals surface area contributed by atoms with Gasteiger partial charge in [0.05, 0.1) is 24.0 Å². The van der Waals surface area contributed by atoms with Crippen LogP contribution in [-0.2, 0) is 14.6 Å². The van der Waals surface area contributed by atoms with Crippen LogP contribution in [0.4, 0.5) is 11.5 Å². The van der Waals surface area contributed by atoms with E-state index in [2.05, 4.69) is 15.3 Å². The van der Waals surface area contributed by atoms with Gasteiger partial charge in [0.2, 0.25) is 15.7 Å². The van der Waals surface area contributed by atoms with Crippen LogP contribution in [0, 0.1) is 6.92 Å². The van der Waals surface area contributed by atoms with Crippen LogP contribution in [0.15, 0.2) is 69.7 Å². The van der Waals surface area contributed by atoms with E-state index in [1.54, 1.807) is 43.5 Å². The molecule has 3 N–H and O–H groups in total. The van der Waals surface area contributed by atoms with Gasteiger partial charge in [-0.15, -0.1) is 0 Å². The summed E-state index contributed by atoms with van der Waals surface area (Å²) in [6.07, 6.45) is 1.17. The Morgan fingerprint density at radius 1 is 1.20 bits per heavy atom. The van der Waals surface area contributed by atoms with Gasteiger partial charge in [-0.3, -0.25) is 4.79 Å². The van der Waals surface area contributed by atoms with Crippen LogP contribution in [-0.4, -0.2) is 37.2 Å². The molecule has 0 saturated carbocycles. The minimum Gasteiger partial charge on any atom is -0.497 e. The molecule has 0 aliphatic heterocycles. The zero-order valence-corrected chi connectivity index (χ0v) is 18.0. The summed E-state index contributed by atoms with van der Waals surface area (Å²) in [5, 5.41) is 2.95. The molecule has 30 heavy (non-hydrogen) atoms. The largest absolute Gasteiger partial charge is 0.497 e. The molecule has 0 saturated heterocycles. The van der Waals surface area contributed by atoms with E-state index in [0.29, 0.717) is 11.4 Å². The van der Waals surface area contributed by atoms with Gasteiger partial charge in [0, 0.05) is 11.8 Å². The van der Waals surface area contributed by atoms with Gasteiger partial charge in [-0.1, -0.05) is 35.5 Å². The summed E-state index contributed by atoms with van der Waals surface area (Å²) in [7, 11) is -2.29. The number of ether oxygens (including phenoxy) is 1. The number of nitrogens with one attached hydrogen (secondary N) is 1. The first-order valence-corrected chi connectivity index (χ1v) is 11.3. The van der Waals surface area contributed by atoms with Crippen LogP contribution in [0.1, 0.15) is 5.56 Å². The van der Waals surface area contributed by atoms with Crippen molar-refractivity contribution in [3.8, 4) is 5.75 Å². The highest BCUT2D eigenvalue weighted by Gasteiger charge is 2.22. The summed E-state index contributed by atoms with van der Waals surface area (Å²) in [5.74, 6) is 0.218. The molecule has 156 valence electrons. The summed E-state index contributed by atoms with van der Waals surface area (Å²) >= 11 is 1.05. The van der Waals surface area contributed by atoms with Crippen molar-refractivity contribution in [2.24, 2.45) is 0 Å². The number of hydrogen-bond acceptors (Lipinski definition) is 8. The molecule has 0 unspecified atom stereocenters. The Balaban J connectivity index is 1.68. The lowest BCUT2D eigenvalue weighted by Crippen LogP contribution is -2.14. The lowest BCUT2D eigenvalue weighted by atomic mass is 10.2. The molecule has 8 nitrogen and oxygen atoms in total. The number of sulfone groups is 1. The number of nitrogens with two attached hydrogens (primary N) is 1. The van der Waals surface area contributed by atoms with Crippen molar-refractivity contribution in [1.29, 1.82) is 0 Å². The van der Waals surface area contributed by atoms with E-state index in [-0.39, 0.29) is 32.4 Å². The molecule has 0 spiro atoms. The zero-order chi connectivity index (χ0) is 21.7. The second-order valence-electron chi connectivity index (χ2n) is 6.29. The predicted octanol–water partition coefficient (Wildman–Crippen LogP) is 2.94. The Hall–Kier alpha value is -3.11. The Labute approximate surface area is 178 Å². The second kappa shape index (κ2) is 9.14. The van der Waals surface area contributed by atoms with Gasteiger partial charge >= 0.3 is 0 Å². The first-order chi connectivity index (χ1) is 14.3. The van der Waals surface area contributed by atoms with E-state index in [1.807, 2.05) is 6.92 Å². The van der Waals surface area contributed by atoms with E-state index in [4.69, 9.17) is 10.5 Å². The highest BCUT2D eigenvalue weighted by atomic mass is 32.2. The molecule has 10 heteroatoms. The molecular formula is C20H20N4O4S2. The Morgan fingerprint density at radius 3 is 2.60 bits per heavy atom. The average Bonchev–Trinajstić information content (AvgIpc) is 2.72. The van der Waals surface area contributed by atoms with Gasteiger partial charge in [-0.2, -0.15) is 0 Å². The number of hydrogen-bond donors (Lipinski definition) is 2. The number of methoxy groups -OCH3 is 1. The molecule has 1 aromatic heterocycles. The Morgan fingerprint density at radius 2 is 1.93 bits per heavy atom. The fraction of sp³-hybridized carbons (Fsp3) is 0.150. The van der Waals surface area contributed by atoms with Crippen molar-refractivity contribution in [3.63, 3.8) is 0 Å². The molecule has 0 aliphatic rings. The van der Waals surface area contributed by atoms with Crippen molar-refractivity contribution in [1.82, 2.24) is 9.97 Å². The number of carbonyl (C=O) groups is 1. The first-order valence-electron chi connectivity index (χ1n) is 8.80. The molecule has 0 aliphatic carbocycles.